The van der Waals surface area contributed by atoms with Crippen LogP contribution in [0.5, 0.6) is 0 Å². The predicted octanol–water partition coefficient (Wildman–Crippen LogP) is 1.35. The smallest absolute Gasteiger partial charge is 0.246 e. The van der Waals surface area contributed by atoms with Crippen molar-refractivity contribution in [3.8, 4) is 0 Å². The molecule has 1 unspecified atom stereocenters. The minimum Gasteiger partial charge on any atom is -0.344 e. The summed E-state index contributed by atoms with van der Waals surface area (Å²) in [5, 5.41) is 5.18. The van der Waals surface area contributed by atoms with Gasteiger partial charge in [0.05, 0.1) is 0 Å². The molecule has 0 aliphatic carbocycles. The largest absolute Gasteiger partial charge is 0.344 e. The average Bonchev–Trinajstić information content (AvgIpc) is 2.70. The number of aryl methyl sites for hydroxylation is 1. The summed E-state index contributed by atoms with van der Waals surface area (Å²) < 4.78 is 13.0. The van der Waals surface area contributed by atoms with Crippen LogP contribution in [-0.4, -0.2) is 17.9 Å². The van der Waals surface area contributed by atoms with Crippen LogP contribution < -0.4 is 10.6 Å². The van der Waals surface area contributed by atoms with Crippen LogP contribution in [0.3, 0.4) is 0 Å². The Labute approximate surface area is 98.2 Å². The van der Waals surface area contributed by atoms with Crippen LogP contribution in [0.25, 0.3) is 0 Å². The molecule has 1 aliphatic heterocycles. The van der Waals surface area contributed by atoms with Crippen LogP contribution in [0, 0.1) is 12.7 Å². The topological polar surface area (TPSA) is 58.2 Å². The summed E-state index contributed by atoms with van der Waals surface area (Å²) >= 11 is 0. The maximum atomic E-state index is 13.0. The summed E-state index contributed by atoms with van der Waals surface area (Å²) in [7, 11) is 0. The monoisotopic (exact) mass is 236 g/mol. The Bertz CT molecular complexity index is 474. The number of amides is 2. The van der Waals surface area contributed by atoms with Crippen molar-refractivity contribution >= 4 is 17.5 Å². The zero-order valence-electron chi connectivity index (χ0n) is 9.42. The van der Waals surface area contributed by atoms with Crippen molar-refractivity contribution < 1.29 is 14.0 Å². The number of hydrogen-bond acceptors (Lipinski definition) is 2. The van der Waals surface area contributed by atoms with Crippen molar-refractivity contribution in [3.63, 3.8) is 0 Å². The zero-order valence-corrected chi connectivity index (χ0v) is 9.42. The van der Waals surface area contributed by atoms with Gasteiger partial charge in [-0.05, 0) is 31.0 Å². The van der Waals surface area contributed by atoms with Crippen LogP contribution in [0.4, 0.5) is 10.1 Å². The molecule has 1 aliphatic rings. The number of benzene rings is 1. The lowest BCUT2D eigenvalue weighted by Gasteiger charge is -2.12. The van der Waals surface area contributed by atoms with Gasteiger partial charge < -0.3 is 10.6 Å². The zero-order chi connectivity index (χ0) is 12.4. The summed E-state index contributed by atoms with van der Waals surface area (Å²) in [5.74, 6) is -0.827. The van der Waals surface area contributed by atoms with Gasteiger partial charge in [-0.25, -0.2) is 4.39 Å². The number of carbonyl (C=O) groups is 2. The Balaban J connectivity index is 2.07. The van der Waals surface area contributed by atoms with Crippen molar-refractivity contribution in [1.29, 1.82) is 0 Å². The number of hydrogen-bond donors (Lipinski definition) is 2. The molecule has 90 valence electrons. The van der Waals surface area contributed by atoms with E-state index in [2.05, 4.69) is 10.6 Å². The van der Waals surface area contributed by atoms with Crippen molar-refractivity contribution in [2.75, 3.05) is 5.32 Å². The molecular formula is C12H13FN2O2. The second kappa shape index (κ2) is 4.53. The van der Waals surface area contributed by atoms with Crippen LogP contribution in [0.2, 0.25) is 0 Å². The molecule has 0 saturated carbocycles. The molecule has 0 radical (unpaired) electrons. The van der Waals surface area contributed by atoms with Gasteiger partial charge in [0, 0.05) is 12.1 Å². The third-order valence-electron chi connectivity index (χ3n) is 2.77. The molecule has 2 rings (SSSR count). The molecule has 2 N–H and O–H groups in total. The second-order valence-electron chi connectivity index (χ2n) is 4.11. The van der Waals surface area contributed by atoms with E-state index in [1.54, 1.807) is 13.0 Å². The van der Waals surface area contributed by atoms with Gasteiger partial charge in [-0.2, -0.15) is 0 Å². The lowest BCUT2D eigenvalue weighted by molar-refractivity contribution is -0.122. The fourth-order valence-electron chi connectivity index (χ4n) is 1.76. The summed E-state index contributed by atoms with van der Waals surface area (Å²) in [5.41, 5.74) is 1.22. The second-order valence-corrected chi connectivity index (χ2v) is 4.11. The van der Waals surface area contributed by atoms with E-state index in [9.17, 15) is 14.0 Å². The van der Waals surface area contributed by atoms with Crippen LogP contribution in [-0.2, 0) is 9.59 Å². The van der Waals surface area contributed by atoms with Gasteiger partial charge in [-0.3, -0.25) is 9.59 Å². The molecule has 0 spiro atoms. The maximum absolute atomic E-state index is 13.0. The minimum atomic E-state index is -0.509. The van der Waals surface area contributed by atoms with Crippen LogP contribution in [0.1, 0.15) is 18.4 Å². The maximum Gasteiger partial charge on any atom is 0.246 e. The molecule has 5 heteroatoms. The molecule has 1 fully saturated rings. The van der Waals surface area contributed by atoms with E-state index < -0.39 is 11.9 Å². The summed E-state index contributed by atoms with van der Waals surface area (Å²) in [6.07, 6.45) is 0.846. The van der Waals surface area contributed by atoms with E-state index in [1.807, 2.05) is 0 Å². The van der Waals surface area contributed by atoms with Gasteiger partial charge in [0.15, 0.2) is 0 Å². The standard InChI is InChI=1S/C12H13FN2O2/c1-7-2-3-8(13)6-10(7)15-12(17)9-4-5-11(16)14-9/h2-3,6,9H,4-5H2,1H3,(H,14,16)(H,15,17). The van der Waals surface area contributed by atoms with Gasteiger partial charge in [-0.15, -0.1) is 0 Å². The van der Waals surface area contributed by atoms with Gasteiger partial charge in [-0.1, -0.05) is 6.07 Å². The van der Waals surface area contributed by atoms with Gasteiger partial charge in [0.2, 0.25) is 11.8 Å². The first-order valence-electron chi connectivity index (χ1n) is 5.42. The van der Waals surface area contributed by atoms with Crippen molar-refractivity contribution in [2.45, 2.75) is 25.8 Å². The Morgan fingerprint density at radius 3 is 2.94 bits per heavy atom. The van der Waals surface area contributed by atoms with Gasteiger partial charge >= 0.3 is 0 Å². The highest BCUT2D eigenvalue weighted by Gasteiger charge is 2.27. The molecule has 2 amide bonds. The van der Waals surface area contributed by atoms with Gasteiger partial charge in [0.1, 0.15) is 11.9 Å². The first-order chi connectivity index (χ1) is 8.06. The molecule has 1 aromatic rings. The lowest BCUT2D eigenvalue weighted by atomic mass is 10.1. The first-order valence-corrected chi connectivity index (χ1v) is 5.42. The molecule has 0 bridgehead atoms. The van der Waals surface area contributed by atoms with Crippen LogP contribution >= 0.6 is 0 Å². The molecular weight excluding hydrogens is 223 g/mol. The number of halogens is 1. The van der Waals surface area contributed by atoms with E-state index in [1.165, 1.54) is 12.1 Å². The van der Waals surface area contributed by atoms with E-state index in [4.69, 9.17) is 0 Å². The summed E-state index contributed by atoms with van der Waals surface area (Å²) in [6, 6.07) is 3.69. The fraction of sp³-hybridized carbons (Fsp3) is 0.333. The third-order valence-corrected chi connectivity index (χ3v) is 2.77. The molecule has 0 aromatic heterocycles. The Hall–Kier alpha value is -1.91. The van der Waals surface area contributed by atoms with E-state index in [0.717, 1.165) is 5.56 Å². The normalized spacial score (nSPS) is 18.9. The lowest BCUT2D eigenvalue weighted by Crippen LogP contribution is -2.37. The Morgan fingerprint density at radius 2 is 2.29 bits per heavy atom. The highest BCUT2D eigenvalue weighted by molar-refractivity contribution is 5.99. The average molecular weight is 236 g/mol. The third kappa shape index (κ3) is 2.61. The number of carbonyl (C=O) groups excluding carboxylic acids is 2. The quantitative estimate of drug-likeness (QED) is 0.814. The van der Waals surface area contributed by atoms with Crippen molar-refractivity contribution in [2.24, 2.45) is 0 Å². The van der Waals surface area contributed by atoms with E-state index >= 15 is 0 Å². The van der Waals surface area contributed by atoms with E-state index in [-0.39, 0.29) is 11.8 Å². The van der Waals surface area contributed by atoms with Crippen molar-refractivity contribution in [1.82, 2.24) is 5.32 Å². The number of anilines is 1. The molecule has 1 aromatic carbocycles. The highest BCUT2D eigenvalue weighted by atomic mass is 19.1. The molecule has 1 atom stereocenters. The first kappa shape index (κ1) is 11.6. The SMILES string of the molecule is Cc1ccc(F)cc1NC(=O)C1CCC(=O)N1. The fourth-order valence-corrected chi connectivity index (χ4v) is 1.76. The number of nitrogens with one attached hydrogen (secondary N) is 2. The molecule has 1 heterocycles. The minimum absolute atomic E-state index is 0.124. The van der Waals surface area contributed by atoms with Crippen molar-refractivity contribution in [3.05, 3.63) is 29.6 Å². The molecule has 1 saturated heterocycles. The van der Waals surface area contributed by atoms with Crippen LogP contribution in [0.15, 0.2) is 18.2 Å². The Morgan fingerprint density at radius 1 is 1.53 bits per heavy atom. The van der Waals surface area contributed by atoms with Gasteiger partial charge in [0.25, 0.3) is 0 Å². The number of rotatable bonds is 2. The summed E-state index contributed by atoms with van der Waals surface area (Å²) in [6.45, 7) is 1.78. The molecule has 17 heavy (non-hydrogen) atoms. The summed E-state index contributed by atoms with van der Waals surface area (Å²) in [4.78, 5) is 22.8. The van der Waals surface area contributed by atoms with E-state index in [0.29, 0.717) is 18.5 Å². The predicted molar refractivity (Wildman–Crippen MR) is 60.9 cm³/mol. The Kier molecular flexibility index (Phi) is 3.08. The molecule has 4 nitrogen and oxygen atoms in total. The highest BCUT2D eigenvalue weighted by Crippen LogP contribution is 2.17.